The number of rotatable bonds is 3. The van der Waals surface area contributed by atoms with Crippen molar-refractivity contribution in [3.05, 3.63) is 39.9 Å². The van der Waals surface area contributed by atoms with Crippen LogP contribution in [0, 0.1) is 10.1 Å². The summed E-state index contributed by atoms with van der Waals surface area (Å²) in [6.45, 7) is 0. The van der Waals surface area contributed by atoms with Crippen molar-refractivity contribution in [2.75, 3.05) is 0 Å². The van der Waals surface area contributed by atoms with E-state index in [1.165, 1.54) is 12.1 Å². The molecule has 1 N–H and O–H groups in total. The predicted octanol–water partition coefficient (Wildman–Crippen LogP) is 1.01. The highest BCUT2D eigenvalue weighted by Gasteiger charge is 2.14. The largest absolute Gasteiger partial charge is 0.273 e. The van der Waals surface area contributed by atoms with Crippen molar-refractivity contribution < 1.29 is 9.72 Å². The molecule has 1 aliphatic heterocycles. The maximum absolute atomic E-state index is 10.9. The number of carbonyl (C=O) groups excluding carboxylic acids is 1. The number of nitro groups is 1. The van der Waals surface area contributed by atoms with Gasteiger partial charge in [-0.25, -0.2) is 5.43 Å². The second-order valence-corrected chi connectivity index (χ2v) is 3.49. The van der Waals surface area contributed by atoms with E-state index in [0.29, 0.717) is 12.8 Å². The molecule has 0 atom stereocenters. The summed E-state index contributed by atoms with van der Waals surface area (Å²) < 4.78 is 0. The number of hydrazone groups is 1. The van der Waals surface area contributed by atoms with Gasteiger partial charge in [0, 0.05) is 18.6 Å². The maximum Gasteiger partial charge on any atom is 0.269 e. The third-order valence-corrected chi connectivity index (χ3v) is 2.26. The highest BCUT2D eigenvalue weighted by molar-refractivity contribution is 6.05. The zero-order valence-corrected chi connectivity index (χ0v) is 8.34. The second-order valence-electron chi connectivity index (χ2n) is 3.49. The number of nitro benzene ring substituents is 1. The fraction of sp³-hybridized carbons (Fsp3) is 0.200. The van der Waals surface area contributed by atoms with Crippen LogP contribution in [0.4, 0.5) is 5.69 Å². The molecule has 0 aliphatic carbocycles. The van der Waals surface area contributed by atoms with Gasteiger partial charge >= 0.3 is 0 Å². The van der Waals surface area contributed by atoms with Gasteiger partial charge in [-0.2, -0.15) is 5.10 Å². The summed E-state index contributed by atoms with van der Waals surface area (Å²) in [4.78, 5) is 20.9. The first kappa shape index (κ1) is 10.3. The molecule has 82 valence electrons. The minimum Gasteiger partial charge on any atom is -0.273 e. The Kier molecular flexibility index (Phi) is 2.63. The van der Waals surface area contributed by atoms with Crippen LogP contribution in [-0.2, 0) is 11.2 Å². The van der Waals surface area contributed by atoms with Crippen LogP contribution in [0.1, 0.15) is 12.0 Å². The normalized spacial score (nSPS) is 14.5. The summed E-state index contributed by atoms with van der Waals surface area (Å²) in [5, 5.41) is 14.3. The van der Waals surface area contributed by atoms with Crippen molar-refractivity contribution in [3.63, 3.8) is 0 Å². The van der Waals surface area contributed by atoms with Gasteiger partial charge in [0.1, 0.15) is 0 Å². The van der Waals surface area contributed by atoms with Crippen molar-refractivity contribution in [1.29, 1.82) is 0 Å². The number of benzene rings is 1. The molecular formula is C10H9N3O3. The lowest BCUT2D eigenvalue weighted by molar-refractivity contribution is -0.384. The Bertz CT molecular complexity index is 465. The van der Waals surface area contributed by atoms with E-state index in [4.69, 9.17) is 0 Å². The smallest absolute Gasteiger partial charge is 0.269 e. The lowest BCUT2D eigenvalue weighted by Gasteiger charge is -1.98. The lowest BCUT2D eigenvalue weighted by atomic mass is 10.1. The van der Waals surface area contributed by atoms with Crippen LogP contribution in [0.3, 0.4) is 0 Å². The van der Waals surface area contributed by atoms with E-state index < -0.39 is 4.92 Å². The van der Waals surface area contributed by atoms with Crippen LogP contribution in [0.2, 0.25) is 0 Å². The highest BCUT2D eigenvalue weighted by atomic mass is 16.6. The average molecular weight is 219 g/mol. The molecule has 0 unspecified atom stereocenters. The Labute approximate surface area is 91.1 Å². The van der Waals surface area contributed by atoms with E-state index in [1.807, 2.05) is 0 Å². The number of hydrogen-bond donors (Lipinski definition) is 1. The first-order valence-corrected chi connectivity index (χ1v) is 4.73. The molecule has 1 aliphatic rings. The molecule has 1 aromatic carbocycles. The van der Waals surface area contributed by atoms with Crippen LogP contribution in [-0.4, -0.2) is 16.5 Å². The van der Waals surface area contributed by atoms with Crippen LogP contribution in [0.5, 0.6) is 0 Å². The molecule has 0 radical (unpaired) electrons. The molecule has 2 rings (SSSR count). The van der Waals surface area contributed by atoms with E-state index >= 15 is 0 Å². The van der Waals surface area contributed by atoms with Gasteiger partial charge in [0.05, 0.1) is 17.1 Å². The molecule has 0 spiro atoms. The van der Waals surface area contributed by atoms with E-state index in [9.17, 15) is 14.9 Å². The Morgan fingerprint density at radius 2 is 2.06 bits per heavy atom. The fourth-order valence-electron chi connectivity index (χ4n) is 1.48. The van der Waals surface area contributed by atoms with Gasteiger partial charge in [0.2, 0.25) is 5.91 Å². The molecule has 16 heavy (non-hydrogen) atoms. The van der Waals surface area contributed by atoms with Gasteiger partial charge in [-0.1, -0.05) is 12.1 Å². The van der Waals surface area contributed by atoms with Crippen LogP contribution < -0.4 is 5.43 Å². The van der Waals surface area contributed by atoms with Gasteiger partial charge in [-0.05, 0) is 5.56 Å². The first-order chi connectivity index (χ1) is 7.65. The summed E-state index contributed by atoms with van der Waals surface area (Å²) in [7, 11) is 0. The number of non-ortho nitro benzene ring substituents is 1. The van der Waals surface area contributed by atoms with E-state index in [0.717, 1.165) is 11.3 Å². The van der Waals surface area contributed by atoms with E-state index in [1.54, 1.807) is 12.1 Å². The topological polar surface area (TPSA) is 84.6 Å². The van der Waals surface area contributed by atoms with Gasteiger partial charge in [0.15, 0.2) is 0 Å². The molecule has 0 fully saturated rings. The maximum atomic E-state index is 10.9. The SMILES string of the molecule is O=C1CC(Cc2ccc([N+](=O)[O-])cc2)=NN1. The van der Waals surface area contributed by atoms with Crippen molar-refractivity contribution in [2.45, 2.75) is 12.8 Å². The molecule has 6 heteroatoms. The molecule has 0 bridgehead atoms. The third-order valence-electron chi connectivity index (χ3n) is 2.26. The molecule has 0 aromatic heterocycles. The zero-order chi connectivity index (χ0) is 11.5. The number of nitrogens with one attached hydrogen (secondary N) is 1. The van der Waals surface area contributed by atoms with Crippen LogP contribution in [0.25, 0.3) is 0 Å². The van der Waals surface area contributed by atoms with Gasteiger partial charge in [-0.15, -0.1) is 0 Å². The standard InChI is InChI=1S/C10H9N3O3/c14-10-6-8(11-12-10)5-7-1-3-9(4-2-7)13(15)16/h1-4H,5-6H2,(H,12,14). The summed E-state index contributed by atoms with van der Waals surface area (Å²) >= 11 is 0. The Morgan fingerprint density at radius 3 is 2.56 bits per heavy atom. The molecule has 1 aromatic rings. The Balaban J connectivity index is 2.06. The van der Waals surface area contributed by atoms with Crippen LogP contribution >= 0.6 is 0 Å². The summed E-state index contributed by atoms with van der Waals surface area (Å²) in [5.41, 5.74) is 4.07. The Morgan fingerprint density at radius 1 is 1.38 bits per heavy atom. The van der Waals surface area contributed by atoms with Crippen LogP contribution in [0.15, 0.2) is 29.4 Å². The number of hydrogen-bond acceptors (Lipinski definition) is 4. The van der Waals surface area contributed by atoms with Gasteiger partial charge < -0.3 is 0 Å². The van der Waals surface area contributed by atoms with E-state index in [2.05, 4.69) is 10.5 Å². The predicted molar refractivity (Wildman–Crippen MR) is 57.0 cm³/mol. The first-order valence-electron chi connectivity index (χ1n) is 4.73. The lowest BCUT2D eigenvalue weighted by Crippen LogP contribution is -2.09. The third kappa shape index (κ3) is 2.22. The summed E-state index contributed by atoms with van der Waals surface area (Å²) in [5.74, 6) is -0.114. The highest BCUT2D eigenvalue weighted by Crippen LogP contribution is 2.13. The second kappa shape index (κ2) is 4.09. The molecule has 1 heterocycles. The minimum absolute atomic E-state index is 0.0614. The molecule has 1 amide bonds. The monoisotopic (exact) mass is 219 g/mol. The van der Waals surface area contributed by atoms with Gasteiger partial charge in [0.25, 0.3) is 5.69 Å². The number of amides is 1. The summed E-state index contributed by atoms with van der Waals surface area (Å²) in [6.07, 6.45) is 0.841. The molecule has 6 nitrogen and oxygen atoms in total. The Hall–Kier alpha value is -2.24. The van der Waals surface area contributed by atoms with Gasteiger partial charge in [-0.3, -0.25) is 14.9 Å². The number of carbonyl (C=O) groups is 1. The van der Waals surface area contributed by atoms with Crippen molar-refractivity contribution in [3.8, 4) is 0 Å². The molecule has 0 saturated heterocycles. The van der Waals surface area contributed by atoms with E-state index in [-0.39, 0.29) is 11.6 Å². The fourth-order valence-corrected chi connectivity index (χ4v) is 1.48. The quantitative estimate of drug-likeness (QED) is 0.608. The average Bonchev–Trinajstić information content (AvgIpc) is 2.65. The zero-order valence-electron chi connectivity index (χ0n) is 8.34. The minimum atomic E-state index is -0.443. The molecular weight excluding hydrogens is 210 g/mol. The summed E-state index contributed by atoms with van der Waals surface area (Å²) in [6, 6.07) is 6.23. The van der Waals surface area contributed by atoms with Crippen molar-refractivity contribution in [2.24, 2.45) is 5.10 Å². The van der Waals surface area contributed by atoms with Crippen molar-refractivity contribution >= 4 is 17.3 Å². The number of nitrogens with zero attached hydrogens (tertiary/aromatic N) is 2. The molecule has 0 saturated carbocycles. The van der Waals surface area contributed by atoms with Crippen molar-refractivity contribution in [1.82, 2.24) is 5.43 Å².